The van der Waals surface area contributed by atoms with E-state index in [4.69, 9.17) is 9.47 Å². The standard InChI is InChI=1S/C26H23NO3/c28-25-19-15-14-18(27-17-8-2-1-3-9-17)16-22(19)26(30-25)20-10-4-6-12-23(20)29-24-13-7-5-11-21(24)26/h4-7,10-17,27H,1-3,8-9H2. The maximum atomic E-state index is 13.0. The van der Waals surface area contributed by atoms with Crippen molar-refractivity contribution in [2.75, 3.05) is 5.32 Å². The Bertz CT molecular complexity index is 1100. The molecule has 0 bridgehead atoms. The topological polar surface area (TPSA) is 47.6 Å². The second kappa shape index (κ2) is 6.63. The molecule has 4 heteroatoms. The molecule has 3 aromatic carbocycles. The summed E-state index contributed by atoms with van der Waals surface area (Å²) in [6, 6.07) is 22.2. The van der Waals surface area contributed by atoms with Gasteiger partial charge in [0.1, 0.15) is 11.5 Å². The van der Waals surface area contributed by atoms with E-state index in [1.807, 2.05) is 60.7 Å². The van der Waals surface area contributed by atoms with E-state index < -0.39 is 5.60 Å². The van der Waals surface area contributed by atoms with Gasteiger partial charge in [0, 0.05) is 28.4 Å². The molecule has 1 fully saturated rings. The summed E-state index contributed by atoms with van der Waals surface area (Å²) < 4.78 is 12.4. The van der Waals surface area contributed by atoms with E-state index in [0.717, 1.165) is 33.9 Å². The van der Waals surface area contributed by atoms with Crippen LogP contribution in [0.2, 0.25) is 0 Å². The van der Waals surface area contributed by atoms with Crippen molar-refractivity contribution in [1.82, 2.24) is 0 Å². The summed E-state index contributed by atoms with van der Waals surface area (Å²) in [6.45, 7) is 0. The van der Waals surface area contributed by atoms with E-state index in [2.05, 4.69) is 11.4 Å². The molecule has 0 aromatic heterocycles. The number of esters is 1. The Kier molecular flexibility index (Phi) is 3.88. The minimum Gasteiger partial charge on any atom is -0.456 e. The van der Waals surface area contributed by atoms with E-state index >= 15 is 0 Å². The normalized spacial score (nSPS) is 18.7. The molecule has 4 nitrogen and oxygen atoms in total. The Morgan fingerprint density at radius 3 is 2.17 bits per heavy atom. The Labute approximate surface area is 175 Å². The largest absolute Gasteiger partial charge is 0.456 e. The van der Waals surface area contributed by atoms with Gasteiger partial charge in [-0.05, 0) is 43.2 Å². The molecule has 30 heavy (non-hydrogen) atoms. The first kappa shape index (κ1) is 17.6. The van der Waals surface area contributed by atoms with Crippen LogP contribution in [0.15, 0.2) is 66.7 Å². The van der Waals surface area contributed by atoms with E-state index in [9.17, 15) is 4.79 Å². The highest BCUT2D eigenvalue weighted by Crippen LogP contribution is 2.56. The van der Waals surface area contributed by atoms with Crippen molar-refractivity contribution < 1.29 is 14.3 Å². The molecule has 0 saturated heterocycles. The number of fused-ring (bicyclic) bond motifs is 6. The lowest BCUT2D eigenvalue weighted by Gasteiger charge is -2.36. The summed E-state index contributed by atoms with van der Waals surface area (Å²) in [5.41, 5.74) is 3.30. The number of rotatable bonds is 2. The molecule has 6 rings (SSSR count). The van der Waals surface area contributed by atoms with Gasteiger partial charge in [-0.15, -0.1) is 0 Å². The lowest BCUT2D eigenvalue weighted by atomic mass is 9.77. The van der Waals surface area contributed by atoms with Gasteiger partial charge in [-0.1, -0.05) is 55.7 Å². The van der Waals surface area contributed by atoms with Gasteiger partial charge in [0.25, 0.3) is 0 Å². The Balaban J connectivity index is 1.54. The molecule has 0 amide bonds. The molecule has 0 atom stereocenters. The van der Waals surface area contributed by atoms with E-state index in [1.165, 1.54) is 32.1 Å². The van der Waals surface area contributed by atoms with Crippen LogP contribution in [0.3, 0.4) is 0 Å². The summed E-state index contributed by atoms with van der Waals surface area (Å²) in [5.74, 6) is 1.16. The molecular formula is C26H23NO3. The maximum absolute atomic E-state index is 13.0. The number of carbonyl (C=O) groups is 1. The van der Waals surface area contributed by atoms with Crippen LogP contribution in [0.25, 0.3) is 0 Å². The van der Waals surface area contributed by atoms with Crippen molar-refractivity contribution in [3.05, 3.63) is 89.0 Å². The minimum absolute atomic E-state index is 0.291. The number of benzene rings is 3. The molecule has 1 saturated carbocycles. The Morgan fingerprint density at radius 2 is 1.47 bits per heavy atom. The molecule has 1 N–H and O–H groups in total. The number of nitrogens with one attached hydrogen (secondary N) is 1. The van der Waals surface area contributed by atoms with Crippen molar-refractivity contribution >= 4 is 11.7 Å². The van der Waals surface area contributed by atoms with Crippen molar-refractivity contribution in [3.8, 4) is 11.5 Å². The molecule has 3 aliphatic rings. The van der Waals surface area contributed by atoms with Gasteiger partial charge in [-0.3, -0.25) is 0 Å². The number of carbonyl (C=O) groups excluding carboxylic acids is 1. The van der Waals surface area contributed by atoms with E-state index in [0.29, 0.717) is 11.6 Å². The number of anilines is 1. The first-order valence-corrected chi connectivity index (χ1v) is 10.8. The third-order valence-electron chi connectivity index (χ3n) is 6.59. The maximum Gasteiger partial charge on any atom is 0.340 e. The monoisotopic (exact) mass is 397 g/mol. The molecule has 2 aliphatic heterocycles. The van der Waals surface area contributed by atoms with Gasteiger partial charge >= 0.3 is 5.97 Å². The highest BCUT2D eigenvalue weighted by molar-refractivity contribution is 5.97. The van der Waals surface area contributed by atoms with Crippen LogP contribution in [-0.4, -0.2) is 12.0 Å². The summed E-state index contributed by atoms with van der Waals surface area (Å²) >= 11 is 0. The first-order valence-electron chi connectivity index (χ1n) is 10.8. The molecule has 0 radical (unpaired) electrons. The van der Waals surface area contributed by atoms with Crippen LogP contribution in [0, 0.1) is 0 Å². The lowest BCUT2D eigenvalue weighted by molar-refractivity contribution is 0.0224. The molecule has 150 valence electrons. The fraction of sp³-hybridized carbons (Fsp3) is 0.269. The smallest absolute Gasteiger partial charge is 0.340 e. The number of hydrogen-bond donors (Lipinski definition) is 1. The number of ether oxygens (including phenoxy) is 2. The molecular weight excluding hydrogens is 374 g/mol. The average molecular weight is 397 g/mol. The van der Waals surface area contributed by atoms with Gasteiger partial charge in [-0.25, -0.2) is 4.79 Å². The summed E-state index contributed by atoms with van der Waals surface area (Å²) in [7, 11) is 0. The predicted molar refractivity (Wildman–Crippen MR) is 115 cm³/mol. The first-order chi connectivity index (χ1) is 14.8. The molecule has 3 aromatic rings. The van der Waals surface area contributed by atoms with Crippen molar-refractivity contribution in [2.45, 2.75) is 43.7 Å². The van der Waals surface area contributed by atoms with Gasteiger partial charge in [0.2, 0.25) is 0 Å². The Morgan fingerprint density at radius 1 is 0.800 bits per heavy atom. The zero-order chi connectivity index (χ0) is 20.1. The summed E-state index contributed by atoms with van der Waals surface area (Å²) in [4.78, 5) is 13.0. The van der Waals surface area contributed by atoms with Crippen molar-refractivity contribution in [3.63, 3.8) is 0 Å². The highest BCUT2D eigenvalue weighted by atomic mass is 16.6. The fourth-order valence-corrected chi connectivity index (χ4v) is 5.19. The van der Waals surface area contributed by atoms with Crippen LogP contribution in [0.1, 0.15) is 59.2 Å². The van der Waals surface area contributed by atoms with Crippen LogP contribution in [0.5, 0.6) is 11.5 Å². The molecule has 0 unspecified atom stereocenters. The van der Waals surface area contributed by atoms with E-state index in [1.54, 1.807) is 0 Å². The number of para-hydroxylation sites is 2. The zero-order valence-corrected chi connectivity index (χ0v) is 16.7. The second-order valence-corrected chi connectivity index (χ2v) is 8.40. The minimum atomic E-state index is -0.984. The fourth-order valence-electron chi connectivity index (χ4n) is 5.19. The van der Waals surface area contributed by atoms with E-state index in [-0.39, 0.29) is 5.97 Å². The van der Waals surface area contributed by atoms with Crippen molar-refractivity contribution in [1.29, 1.82) is 0 Å². The van der Waals surface area contributed by atoms with Crippen LogP contribution in [0.4, 0.5) is 5.69 Å². The molecule has 2 heterocycles. The summed E-state index contributed by atoms with van der Waals surface area (Å²) in [6.07, 6.45) is 6.24. The van der Waals surface area contributed by atoms with Crippen molar-refractivity contribution in [2.24, 2.45) is 0 Å². The van der Waals surface area contributed by atoms with Gasteiger partial charge in [-0.2, -0.15) is 0 Å². The quantitative estimate of drug-likeness (QED) is 0.539. The van der Waals surface area contributed by atoms with Gasteiger partial charge < -0.3 is 14.8 Å². The van der Waals surface area contributed by atoms with Crippen LogP contribution >= 0.6 is 0 Å². The molecule has 1 spiro atoms. The second-order valence-electron chi connectivity index (χ2n) is 8.40. The average Bonchev–Trinajstić information content (AvgIpc) is 3.07. The zero-order valence-electron chi connectivity index (χ0n) is 16.7. The third kappa shape index (κ3) is 2.49. The van der Waals surface area contributed by atoms with Crippen LogP contribution < -0.4 is 10.1 Å². The summed E-state index contributed by atoms with van der Waals surface area (Å²) in [5, 5.41) is 3.70. The SMILES string of the molecule is O=C1OC2(c3ccccc3Oc3ccccc32)c2cc(NC3CCCCC3)ccc21. The van der Waals surface area contributed by atoms with Crippen LogP contribution in [-0.2, 0) is 10.3 Å². The Hall–Kier alpha value is -3.27. The predicted octanol–water partition coefficient (Wildman–Crippen LogP) is 6.00. The van der Waals surface area contributed by atoms with Gasteiger partial charge in [0.15, 0.2) is 5.60 Å². The number of hydrogen-bond acceptors (Lipinski definition) is 4. The molecule has 1 aliphatic carbocycles. The lowest BCUT2D eigenvalue weighted by Crippen LogP contribution is -2.33. The third-order valence-corrected chi connectivity index (χ3v) is 6.59. The highest BCUT2D eigenvalue weighted by Gasteiger charge is 2.53. The van der Waals surface area contributed by atoms with Gasteiger partial charge in [0.05, 0.1) is 5.56 Å².